The van der Waals surface area contributed by atoms with Gasteiger partial charge in [0.05, 0.1) is 30.3 Å². The average molecular weight is 359 g/mol. The first-order chi connectivity index (χ1) is 12.4. The van der Waals surface area contributed by atoms with Gasteiger partial charge in [0, 0.05) is 11.6 Å². The summed E-state index contributed by atoms with van der Waals surface area (Å²) in [7, 11) is 2.89. The first-order valence-electron chi connectivity index (χ1n) is 7.54. The Hall–Kier alpha value is -3.42. The molecule has 0 fully saturated rings. The van der Waals surface area contributed by atoms with Crippen LogP contribution in [0, 0.1) is 17.0 Å². The first-order valence-corrected chi connectivity index (χ1v) is 7.54. The van der Waals surface area contributed by atoms with Crippen LogP contribution in [0.1, 0.15) is 26.3 Å². The van der Waals surface area contributed by atoms with Gasteiger partial charge < -0.3 is 14.2 Å². The van der Waals surface area contributed by atoms with Crippen LogP contribution in [-0.4, -0.2) is 37.5 Å². The van der Waals surface area contributed by atoms with Crippen LogP contribution >= 0.6 is 0 Å². The molecule has 2 aromatic carbocycles. The van der Waals surface area contributed by atoms with Crippen LogP contribution in [0.15, 0.2) is 36.4 Å². The van der Waals surface area contributed by atoms with Gasteiger partial charge >= 0.3 is 5.97 Å². The molecule has 2 aromatic rings. The number of carbonyl (C=O) groups is 2. The van der Waals surface area contributed by atoms with Crippen molar-refractivity contribution in [2.75, 3.05) is 20.8 Å². The van der Waals surface area contributed by atoms with Crippen molar-refractivity contribution in [1.82, 2.24) is 0 Å². The van der Waals surface area contributed by atoms with E-state index in [9.17, 15) is 19.7 Å². The molecule has 0 aliphatic carbocycles. The van der Waals surface area contributed by atoms with E-state index in [0.717, 1.165) is 0 Å². The summed E-state index contributed by atoms with van der Waals surface area (Å²) in [4.78, 5) is 34.7. The number of aryl methyl sites for hydroxylation is 1. The Morgan fingerprint density at radius 1 is 1.08 bits per heavy atom. The molecule has 26 heavy (non-hydrogen) atoms. The molecule has 0 amide bonds. The van der Waals surface area contributed by atoms with Gasteiger partial charge in [-0.15, -0.1) is 0 Å². The number of rotatable bonds is 7. The third-order valence-electron chi connectivity index (χ3n) is 3.67. The number of carbonyl (C=O) groups excluding carboxylic acids is 2. The highest BCUT2D eigenvalue weighted by atomic mass is 16.6. The molecule has 0 saturated carbocycles. The Morgan fingerprint density at radius 2 is 1.81 bits per heavy atom. The second-order valence-corrected chi connectivity index (χ2v) is 5.32. The Morgan fingerprint density at radius 3 is 2.38 bits per heavy atom. The van der Waals surface area contributed by atoms with Crippen molar-refractivity contribution in [3.8, 4) is 11.5 Å². The SMILES string of the molecule is COc1ccc(OC)c(C(=O)COC(=O)c2ccc([N+](=O)[O-])c(C)c2)c1. The highest BCUT2D eigenvalue weighted by Gasteiger charge is 2.18. The molecule has 136 valence electrons. The largest absolute Gasteiger partial charge is 0.497 e. The predicted molar refractivity (Wildman–Crippen MR) is 92.0 cm³/mol. The third-order valence-corrected chi connectivity index (χ3v) is 3.67. The summed E-state index contributed by atoms with van der Waals surface area (Å²) in [5, 5.41) is 10.8. The topological polar surface area (TPSA) is 105 Å². The highest BCUT2D eigenvalue weighted by Crippen LogP contribution is 2.25. The number of ketones is 1. The zero-order valence-electron chi connectivity index (χ0n) is 14.5. The Kier molecular flexibility index (Phi) is 5.90. The molecular formula is C18H17NO7. The lowest BCUT2D eigenvalue weighted by Crippen LogP contribution is -2.15. The van der Waals surface area contributed by atoms with Crippen LogP contribution in [-0.2, 0) is 4.74 Å². The number of methoxy groups -OCH3 is 2. The summed E-state index contributed by atoms with van der Waals surface area (Å²) >= 11 is 0. The Balaban J connectivity index is 2.11. The number of ether oxygens (including phenoxy) is 3. The van der Waals surface area contributed by atoms with Crippen molar-refractivity contribution in [3.63, 3.8) is 0 Å². The summed E-state index contributed by atoms with van der Waals surface area (Å²) in [5.41, 5.74) is 0.571. The van der Waals surface area contributed by atoms with Gasteiger partial charge in [0.25, 0.3) is 5.69 Å². The number of hydrogen-bond acceptors (Lipinski definition) is 7. The van der Waals surface area contributed by atoms with E-state index in [1.807, 2.05) is 0 Å². The van der Waals surface area contributed by atoms with Crippen molar-refractivity contribution >= 4 is 17.4 Å². The first kappa shape index (κ1) is 18.9. The molecule has 0 aliphatic rings. The summed E-state index contributed by atoms with van der Waals surface area (Å²) in [5.74, 6) is -0.421. The fraction of sp³-hybridized carbons (Fsp3) is 0.222. The monoisotopic (exact) mass is 359 g/mol. The van der Waals surface area contributed by atoms with Crippen LogP contribution in [0.5, 0.6) is 11.5 Å². The number of hydrogen-bond donors (Lipinski definition) is 0. The van der Waals surface area contributed by atoms with Crippen molar-refractivity contribution in [2.24, 2.45) is 0 Å². The number of nitro benzene ring substituents is 1. The smallest absolute Gasteiger partial charge is 0.338 e. The van der Waals surface area contributed by atoms with Crippen LogP contribution < -0.4 is 9.47 Å². The van der Waals surface area contributed by atoms with Crippen molar-refractivity contribution in [2.45, 2.75) is 6.92 Å². The molecule has 0 spiro atoms. The average Bonchev–Trinajstić information content (AvgIpc) is 2.64. The van der Waals surface area contributed by atoms with Crippen LogP contribution in [0.4, 0.5) is 5.69 Å². The Labute approximate surface area is 149 Å². The minimum Gasteiger partial charge on any atom is -0.497 e. The molecule has 0 saturated heterocycles. The molecule has 0 atom stereocenters. The number of Topliss-reactive ketones (excluding diaryl/α,β-unsaturated/α-hetero) is 1. The minimum absolute atomic E-state index is 0.0984. The molecule has 8 nitrogen and oxygen atoms in total. The Bertz CT molecular complexity index is 861. The molecule has 0 radical (unpaired) electrons. The molecule has 0 bridgehead atoms. The fourth-order valence-electron chi connectivity index (χ4n) is 2.31. The normalized spacial score (nSPS) is 10.1. The molecule has 0 aromatic heterocycles. The standard InChI is InChI=1S/C18H17NO7/c1-11-8-12(4-6-15(11)19(22)23)18(21)26-10-16(20)14-9-13(24-2)5-7-17(14)25-3/h4-9H,10H2,1-3H3. The maximum atomic E-state index is 12.3. The van der Waals surface area contributed by atoms with E-state index in [2.05, 4.69) is 0 Å². The van der Waals surface area contributed by atoms with Gasteiger partial charge in [-0.2, -0.15) is 0 Å². The lowest BCUT2D eigenvalue weighted by molar-refractivity contribution is -0.385. The van der Waals surface area contributed by atoms with E-state index >= 15 is 0 Å². The molecule has 0 heterocycles. The number of esters is 1. The number of nitrogens with zero attached hydrogens (tertiary/aromatic N) is 1. The lowest BCUT2D eigenvalue weighted by Gasteiger charge is -2.10. The second-order valence-electron chi connectivity index (χ2n) is 5.32. The van der Waals surface area contributed by atoms with Crippen LogP contribution in [0.25, 0.3) is 0 Å². The zero-order chi connectivity index (χ0) is 19.3. The van der Waals surface area contributed by atoms with Crippen LogP contribution in [0.2, 0.25) is 0 Å². The summed E-state index contributed by atoms with van der Waals surface area (Å²) in [6.45, 7) is 1.01. The molecule has 8 heteroatoms. The van der Waals surface area contributed by atoms with E-state index in [1.54, 1.807) is 12.1 Å². The maximum absolute atomic E-state index is 12.3. The second kappa shape index (κ2) is 8.11. The van der Waals surface area contributed by atoms with E-state index in [0.29, 0.717) is 17.1 Å². The van der Waals surface area contributed by atoms with Gasteiger partial charge in [0.15, 0.2) is 6.61 Å². The van der Waals surface area contributed by atoms with Gasteiger partial charge in [-0.1, -0.05) is 0 Å². The predicted octanol–water partition coefficient (Wildman–Crippen LogP) is 2.96. The molecular weight excluding hydrogens is 342 g/mol. The van der Waals surface area contributed by atoms with Crippen LogP contribution in [0.3, 0.4) is 0 Å². The van der Waals surface area contributed by atoms with E-state index in [1.165, 1.54) is 45.4 Å². The lowest BCUT2D eigenvalue weighted by atomic mass is 10.1. The summed E-state index contributed by atoms with van der Waals surface area (Å²) in [6.07, 6.45) is 0. The summed E-state index contributed by atoms with van der Waals surface area (Å²) in [6, 6.07) is 8.56. The van der Waals surface area contributed by atoms with Gasteiger partial charge in [0.2, 0.25) is 5.78 Å². The quantitative estimate of drug-likeness (QED) is 0.324. The van der Waals surface area contributed by atoms with Crippen molar-refractivity contribution in [1.29, 1.82) is 0 Å². The van der Waals surface area contributed by atoms with E-state index in [4.69, 9.17) is 14.2 Å². The van der Waals surface area contributed by atoms with Crippen molar-refractivity contribution in [3.05, 3.63) is 63.2 Å². The molecule has 0 N–H and O–H groups in total. The molecule has 2 rings (SSSR count). The summed E-state index contributed by atoms with van der Waals surface area (Å²) < 4.78 is 15.2. The van der Waals surface area contributed by atoms with Gasteiger partial charge in [-0.05, 0) is 37.3 Å². The number of benzene rings is 2. The zero-order valence-corrected chi connectivity index (χ0v) is 14.5. The molecule has 0 unspecified atom stereocenters. The van der Waals surface area contributed by atoms with Gasteiger partial charge in [0.1, 0.15) is 11.5 Å². The van der Waals surface area contributed by atoms with Gasteiger partial charge in [-0.3, -0.25) is 14.9 Å². The van der Waals surface area contributed by atoms with E-state index < -0.39 is 23.3 Å². The van der Waals surface area contributed by atoms with Crippen molar-refractivity contribution < 1.29 is 28.7 Å². The third kappa shape index (κ3) is 4.15. The van der Waals surface area contributed by atoms with E-state index in [-0.39, 0.29) is 16.8 Å². The minimum atomic E-state index is -0.752. The highest BCUT2D eigenvalue weighted by molar-refractivity contribution is 6.01. The number of nitro groups is 1. The fourth-order valence-corrected chi connectivity index (χ4v) is 2.31. The maximum Gasteiger partial charge on any atom is 0.338 e. The van der Waals surface area contributed by atoms with Gasteiger partial charge in [-0.25, -0.2) is 4.79 Å². The molecule has 0 aliphatic heterocycles.